The zero-order valence-electron chi connectivity index (χ0n) is 14.7. The van der Waals surface area contributed by atoms with Gasteiger partial charge in [0, 0.05) is 24.3 Å². The average Bonchev–Trinajstić information content (AvgIpc) is 2.61. The molecule has 0 radical (unpaired) electrons. The number of methoxy groups -OCH3 is 1. The summed E-state index contributed by atoms with van der Waals surface area (Å²) in [6.45, 7) is 5.30. The molecule has 1 aliphatic rings. The van der Waals surface area contributed by atoms with Crippen LogP contribution in [0.2, 0.25) is 0 Å². The number of hydrogen-bond acceptors (Lipinski definition) is 5. The molecule has 5 heteroatoms. The molecule has 5 nitrogen and oxygen atoms in total. The Morgan fingerprint density at radius 3 is 2.88 bits per heavy atom. The zero-order chi connectivity index (χ0) is 16.9. The number of nitrogens with one attached hydrogen (secondary N) is 1. The molecule has 2 heterocycles. The summed E-state index contributed by atoms with van der Waals surface area (Å²) in [5.74, 6) is 2.45. The Morgan fingerprint density at radius 2 is 2.08 bits per heavy atom. The number of rotatable bonds is 5. The molecule has 1 aromatic carbocycles. The third-order valence-corrected chi connectivity index (χ3v) is 4.57. The number of aryl methyl sites for hydroxylation is 1. The van der Waals surface area contributed by atoms with E-state index in [0.717, 1.165) is 41.9 Å². The Morgan fingerprint density at radius 1 is 1.25 bits per heavy atom. The van der Waals surface area contributed by atoms with Crippen LogP contribution in [0.25, 0.3) is 0 Å². The topological polar surface area (TPSA) is 50.3 Å². The summed E-state index contributed by atoms with van der Waals surface area (Å²) in [7, 11) is 1.68. The molecule has 1 saturated heterocycles. The quantitative estimate of drug-likeness (QED) is 0.887. The SMILES string of the molecule is CCC1CCCCN1c1nc(C)cc(Nc2ccccc2OC)n1. The molecule has 1 atom stereocenters. The fraction of sp³-hybridized carbons (Fsp3) is 0.474. The van der Waals surface area contributed by atoms with Crippen molar-refractivity contribution in [2.75, 3.05) is 23.9 Å². The molecular weight excluding hydrogens is 300 g/mol. The minimum absolute atomic E-state index is 0.541. The van der Waals surface area contributed by atoms with E-state index in [1.165, 1.54) is 19.3 Å². The van der Waals surface area contributed by atoms with Crippen LogP contribution >= 0.6 is 0 Å². The number of ether oxygens (including phenoxy) is 1. The molecule has 1 aromatic heterocycles. The second-order valence-corrected chi connectivity index (χ2v) is 6.27. The van der Waals surface area contributed by atoms with Crippen molar-refractivity contribution in [1.29, 1.82) is 0 Å². The monoisotopic (exact) mass is 326 g/mol. The third-order valence-electron chi connectivity index (χ3n) is 4.57. The van der Waals surface area contributed by atoms with Gasteiger partial charge in [0.1, 0.15) is 11.6 Å². The van der Waals surface area contributed by atoms with Gasteiger partial charge in [0.05, 0.1) is 12.8 Å². The molecule has 3 rings (SSSR count). The lowest BCUT2D eigenvalue weighted by molar-refractivity contribution is 0.417. The molecule has 0 spiro atoms. The summed E-state index contributed by atoms with van der Waals surface area (Å²) in [4.78, 5) is 11.8. The number of nitrogens with zero attached hydrogens (tertiary/aromatic N) is 3. The average molecular weight is 326 g/mol. The third kappa shape index (κ3) is 3.61. The summed E-state index contributed by atoms with van der Waals surface area (Å²) < 4.78 is 5.41. The molecule has 0 amide bonds. The first-order valence-electron chi connectivity index (χ1n) is 8.73. The van der Waals surface area contributed by atoms with Crippen molar-refractivity contribution in [1.82, 2.24) is 9.97 Å². The van der Waals surface area contributed by atoms with Crippen LogP contribution in [0.4, 0.5) is 17.5 Å². The highest BCUT2D eigenvalue weighted by atomic mass is 16.5. The van der Waals surface area contributed by atoms with Crippen molar-refractivity contribution in [3.05, 3.63) is 36.0 Å². The van der Waals surface area contributed by atoms with Crippen LogP contribution < -0.4 is 15.0 Å². The van der Waals surface area contributed by atoms with Crippen LogP contribution in [0.3, 0.4) is 0 Å². The largest absolute Gasteiger partial charge is 0.495 e. The number of aromatic nitrogens is 2. The lowest BCUT2D eigenvalue weighted by atomic mass is 10.0. The van der Waals surface area contributed by atoms with E-state index in [9.17, 15) is 0 Å². The highest BCUT2D eigenvalue weighted by Gasteiger charge is 2.23. The number of piperidine rings is 1. The first-order valence-corrected chi connectivity index (χ1v) is 8.73. The first-order chi connectivity index (χ1) is 11.7. The molecule has 1 unspecified atom stereocenters. The molecular formula is C19H26N4O. The highest BCUT2D eigenvalue weighted by molar-refractivity contribution is 5.64. The molecule has 128 valence electrons. The Labute approximate surface area is 144 Å². The van der Waals surface area contributed by atoms with Gasteiger partial charge in [-0.3, -0.25) is 0 Å². The second-order valence-electron chi connectivity index (χ2n) is 6.27. The predicted octanol–water partition coefficient (Wildman–Crippen LogP) is 4.31. The standard InChI is InChI=1S/C19H26N4O/c1-4-15-9-7-8-12-23(15)19-20-14(2)13-18(22-19)21-16-10-5-6-11-17(16)24-3/h5-6,10-11,13,15H,4,7-9,12H2,1-3H3,(H,20,21,22). The maximum absolute atomic E-state index is 5.41. The van der Waals surface area contributed by atoms with Gasteiger partial charge >= 0.3 is 0 Å². The summed E-state index contributed by atoms with van der Waals surface area (Å²) in [6, 6.07) is 10.4. The first kappa shape index (κ1) is 16.6. The molecule has 0 aliphatic carbocycles. The minimum Gasteiger partial charge on any atom is -0.495 e. The number of para-hydroxylation sites is 2. The number of anilines is 3. The summed E-state index contributed by atoms with van der Waals surface area (Å²) >= 11 is 0. The zero-order valence-corrected chi connectivity index (χ0v) is 14.7. The maximum atomic E-state index is 5.41. The van der Waals surface area contributed by atoms with Gasteiger partial charge in [0.15, 0.2) is 0 Å². The molecule has 1 N–H and O–H groups in total. The van der Waals surface area contributed by atoms with Gasteiger partial charge in [-0.05, 0) is 44.7 Å². The van der Waals surface area contributed by atoms with Crippen LogP contribution in [0.15, 0.2) is 30.3 Å². The predicted molar refractivity (Wildman–Crippen MR) is 98.3 cm³/mol. The molecule has 1 fully saturated rings. The number of benzene rings is 1. The van der Waals surface area contributed by atoms with E-state index in [2.05, 4.69) is 22.1 Å². The smallest absolute Gasteiger partial charge is 0.227 e. The molecule has 0 saturated carbocycles. The van der Waals surface area contributed by atoms with E-state index in [1.807, 2.05) is 37.3 Å². The molecule has 24 heavy (non-hydrogen) atoms. The Hall–Kier alpha value is -2.30. The van der Waals surface area contributed by atoms with Crippen molar-refractivity contribution in [2.24, 2.45) is 0 Å². The Kier molecular flexibility index (Phi) is 5.18. The van der Waals surface area contributed by atoms with Crippen LogP contribution in [-0.4, -0.2) is 29.7 Å². The summed E-state index contributed by atoms with van der Waals surface area (Å²) in [6.07, 6.45) is 4.87. The fourth-order valence-corrected chi connectivity index (χ4v) is 3.32. The van der Waals surface area contributed by atoms with Crippen molar-refractivity contribution >= 4 is 17.5 Å². The maximum Gasteiger partial charge on any atom is 0.227 e. The molecule has 1 aliphatic heterocycles. The van der Waals surface area contributed by atoms with E-state index < -0.39 is 0 Å². The normalized spacial score (nSPS) is 17.6. The van der Waals surface area contributed by atoms with Gasteiger partial charge in [-0.25, -0.2) is 4.98 Å². The van der Waals surface area contributed by atoms with Crippen LogP contribution in [0, 0.1) is 6.92 Å². The second kappa shape index (κ2) is 7.51. The molecule has 2 aromatic rings. The van der Waals surface area contributed by atoms with E-state index in [4.69, 9.17) is 9.72 Å². The molecule has 0 bridgehead atoms. The van der Waals surface area contributed by atoms with Gasteiger partial charge in [0.2, 0.25) is 5.95 Å². The summed E-state index contributed by atoms with van der Waals surface area (Å²) in [5.41, 5.74) is 1.88. The highest BCUT2D eigenvalue weighted by Crippen LogP contribution is 2.29. The van der Waals surface area contributed by atoms with Gasteiger partial charge in [-0.2, -0.15) is 4.98 Å². The van der Waals surface area contributed by atoms with Gasteiger partial charge in [-0.1, -0.05) is 19.1 Å². The van der Waals surface area contributed by atoms with E-state index in [0.29, 0.717) is 6.04 Å². The minimum atomic E-state index is 0.541. The lowest BCUT2D eigenvalue weighted by Crippen LogP contribution is -2.40. The van der Waals surface area contributed by atoms with Crippen LogP contribution in [0.5, 0.6) is 5.75 Å². The van der Waals surface area contributed by atoms with E-state index in [1.54, 1.807) is 7.11 Å². The van der Waals surface area contributed by atoms with Crippen molar-refractivity contribution < 1.29 is 4.74 Å². The van der Waals surface area contributed by atoms with Gasteiger partial charge < -0.3 is 15.0 Å². The van der Waals surface area contributed by atoms with Crippen LogP contribution in [-0.2, 0) is 0 Å². The Balaban J connectivity index is 1.88. The lowest BCUT2D eigenvalue weighted by Gasteiger charge is -2.35. The fourth-order valence-electron chi connectivity index (χ4n) is 3.32. The van der Waals surface area contributed by atoms with Crippen molar-refractivity contribution in [2.45, 2.75) is 45.6 Å². The van der Waals surface area contributed by atoms with Gasteiger partial charge in [0.25, 0.3) is 0 Å². The van der Waals surface area contributed by atoms with Gasteiger partial charge in [-0.15, -0.1) is 0 Å². The number of hydrogen-bond donors (Lipinski definition) is 1. The van der Waals surface area contributed by atoms with E-state index in [-0.39, 0.29) is 0 Å². The van der Waals surface area contributed by atoms with Crippen molar-refractivity contribution in [3.63, 3.8) is 0 Å². The summed E-state index contributed by atoms with van der Waals surface area (Å²) in [5, 5.41) is 3.37. The Bertz CT molecular complexity index is 689. The van der Waals surface area contributed by atoms with Crippen LogP contribution in [0.1, 0.15) is 38.3 Å². The van der Waals surface area contributed by atoms with Crippen molar-refractivity contribution in [3.8, 4) is 5.75 Å². The van der Waals surface area contributed by atoms with E-state index >= 15 is 0 Å².